The fraction of sp³-hybridized carbons (Fsp3) is 0. The molecule has 0 saturated carbocycles. The molecule has 0 aliphatic heterocycles. The molecule has 2 rings (SSSR count). The van der Waals surface area contributed by atoms with Crippen LogP contribution >= 0.6 is 38.5 Å². The zero-order chi connectivity index (χ0) is 7.84. The van der Waals surface area contributed by atoms with Crippen LogP contribution in [0.5, 0.6) is 0 Å². The van der Waals surface area contributed by atoms with Crippen molar-refractivity contribution in [2.75, 3.05) is 0 Å². The number of hydrogen-bond acceptors (Lipinski definition) is 2. The lowest BCUT2D eigenvalue weighted by molar-refractivity contribution is 0.934. The van der Waals surface area contributed by atoms with Crippen LogP contribution in [0.1, 0.15) is 0 Å². The molecule has 0 spiro atoms. The molecule has 0 unspecified atom stereocenters. The van der Waals surface area contributed by atoms with Gasteiger partial charge >= 0.3 is 0 Å². The number of aromatic nitrogens is 3. The van der Waals surface area contributed by atoms with Crippen LogP contribution in [0.3, 0.4) is 0 Å². The van der Waals surface area contributed by atoms with E-state index in [9.17, 15) is 0 Å². The summed E-state index contributed by atoms with van der Waals surface area (Å²) in [6.07, 6.45) is 3.62. The van der Waals surface area contributed by atoms with Crippen molar-refractivity contribution >= 4 is 44.2 Å². The van der Waals surface area contributed by atoms with Gasteiger partial charge in [0.15, 0.2) is 5.65 Å². The smallest absolute Gasteiger partial charge is 0.170 e. The van der Waals surface area contributed by atoms with E-state index >= 15 is 0 Å². The van der Waals surface area contributed by atoms with Gasteiger partial charge in [-0.05, 0) is 44.6 Å². The molecule has 0 fully saturated rings. The van der Waals surface area contributed by atoms with Crippen LogP contribution in [0, 0.1) is 3.70 Å². The molecular formula is C6H3BrIN3. The van der Waals surface area contributed by atoms with Gasteiger partial charge < -0.3 is 0 Å². The second-order valence-corrected chi connectivity index (χ2v) is 3.97. The molecule has 0 saturated heterocycles. The Bertz CT molecular complexity index is 398. The maximum Gasteiger partial charge on any atom is 0.170 e. The Kier molecular flexibility index (Phi) is 1.84. The van der Waals surface area contributed by atoms with Crippen LogP contribution in [-0.4, -0.2) is 14.6 Å². The van der Waals surface area contributed by atoms with E-state index in [4.69, 9.17) is 0 Å². The first-order chi connectivity index (χ1) is 5.27. The van der Waals surface area contributed by atoms with Crippen molar-refractivity contribution in [2.45, 2.75) is 0 Å². The SMILES string of the molecule is Brc1cnn2ccc(I)nc12. The summed E-state index contributed by atoms with van der Waals surface area (Å²) in [5.74, 6) is 0. The normalized spacial score (nSPS) is 10.7. The van der Waals surface area contributed by atoms with E-state index in [1.807, 2.05) is 12.3 Å². The molecule has 0 amide bonds. The molecule has 0 bridgehead atoms. The Morgan fingerprint density at radius 2 is 2.36 bits per heavy atom. The molecule has 56 valence electrons. The van der Waals surface area contributed by atoms with Crippen LogP contribution in [0.25, 0.3) is 5.65 Å². The van der Waals surface area contributed by atoms with Gasteiger partial charge in [0, 0.05) is 6.20 Å². The van der Waals surface area contributed by atoms with Crippen molar-refractivity contribution in [3.05, 3.63) is 26.6 Å². The highest BCUT2D eigenvalue weighted by Gasteiger charge is 2.00. The highest BCUT2D eigenvalue weighted by atomic mass is 127. The third-order valence-corrected chi connectivity index (χ3v) is 2.45. The minimum atomic E-state index is 0.858. The molecule has 2 aromatic heterocycles. The van der Waals surface area contributed by atoms with Crippen molar-refractivity contribution in [3.63, 3.8) is 0 Å². The Morgan fingerprint density at radius 1 is 1.55 bits per heavy atom. The van der Waals surface area contributed by atoms with Gasteiger partial charge in [0.05, 0.1) is 10.7 Å². The van der Waals surface area contributed by atoms with Crippen molar-refractivity contribution in [1.29, 1.82) is 0 Å². The van der Waals surface area contributed by atoms with Gasteiger partial charge in [-0.25, -0.2) is 9.50 Å². The average Bonchev–Trinajstić information content (AvgIpc) is 2.33. The second-order valence-electron chi connectivity index (χ2n) is 2.01. The molecule has 11 heavy (non-hydrogen) atoms. The summed E-state index contributed by atoms with van der Waals surface area (Å²) >= 11 is 5.52. The molecule has 5 heteroatoms. The summed E-state index contributed by atoms with van der Waals surface area (Å²) in [6, 6.07) is 1.91. The van der Waals surface area contributed by atoms with E-state index < -0.39 is 0 Å². The van der Waals surface area contributed by atoms with Crippen LogP contribution in [0.15, 0.2) is 22.9 Å². The third kappa shape index (κ3) is 1.26. The van der Waals surface area contributed by atoms with Crippen molar-refractivity contribution in [2.24, 2.45) is 0 Å². The fourth-order valence-corrected chi connectivity index (χ4v) is 1.57. The minimum Gasteiger partial charge on any atom is -0.221 e. The molecule has 0 N–H and O–H groups in total. The molecular weight excluding hydrogens is 321 g/mol. The monoisotopic (exact) mass is 323 g/mol. The Labute approximate surface area is 85.1 Å². The minimum absolute atomic E-state index is 0.858. The summed E-state index contributed by atoms with van der Waals surface area (Å²) in [4.78, 5) is 4.28. The van der Waals surface area contributed by atoms with Crippen LogP contribution in [0.2, 0.25) is 0 Å². The molecule has 0 aliphatic carbocycles. The zero-order valence-corrected chi connectivity index (χ0v) is 9.07. The predicted octanol–water partition coefficient (Wildman–Crippen LogP) is 2.10. The summed E-state index contributed by atoms with van der Waals surface area (Å²) < 4.78 is 3.62. The van der Waals surface area contributed by atoms with E-state index in [1.54, 1.807) is 10.7 Å². The summed E-state index contributed by atoms with van der Waals surface area (Å²) in [5, 5.41) is 4.06. The molecule has 0 atom stereocenters. The van der Waals surface area contributed by atoms with Gasteiger partial charge in [0.1, 0.15) is 3.70 Å². The fourth-order valence-electron chi connectivity index (χ4n) is 0.819. The van der Waals surface area contributed by atoms with Crippen LogP contribution in [-0.2, 0) is 0 Å². The van der Waals surface area contributed by atoms with E-state index in [1.165, 1.54) is 0 Å². The van der Waals surface area contributed by atoms with E-state index in [0.29, 0.717) is 0 Å². The third-order valence-electron chi connectivity index (χ3n) is 1.29. The Balaban J connectivity index is 2.87. The van der Waals surface area contributed by atoms with Gasteiger partial charge in [-0.2, -0.15) is 5.10 Å². The van der Waals surface area contributed by atoms with E-state index in [2.05, 4.69) is 48.6 Å². The Morgan fingerprint density at radius 3 is 3.18 bits per heavy atom. The van der Waals surface area contributed by atoms with Crippen molar-refractivity contribution in [3.8, 4) is 0 Å². The van der Waals surface area contributed by atoms with Crippen LogP contribution in [0.4, 0.5) is 0 Å². The molecule has 0 radical (unpaired) electrons. The van der Waals surface area contributed by atoms with Crippen molar-refractivity contribution < 1.29 is 0 Å². The highest BCUT2D eigenvalue weighted by Crippen LogP contribution is 2.15. The average molecular weight is 324 g/mol. The number of nitrogens with zero attached hydrogens (tertiary/aromatic N) is 3. The molecule has 0 aromatic carbocycles. The first kappa shape index (κ1) is 7.48. The van der Waals surface area contributed by atoms with Crippen LogP contribution < -0.4 is 0 Å². The first-order valence-electron chi connectivity index (χ1n) is 2.93. The predicted molar refractivity (Wildman–Crippen MR) is 53.4 cm³/mol. The molecule has 3 nitrogen and oxygen atoms in total. The van der Waals surface area contributed by atoms with Gasteiger partial charge in [0.2, 0.25) is 0 Å². The molecule has 2 aromatic rings. The topological polar surface area (TPSA) is 30.2 Å². The standard InChI is InChI=1S/C6H3BrIN3/c7-4-3-9-11-2-1-5(8)10-6(4)11/h1-3H. The van der Waals surface area contributed by atoms with Gasteiger partial charge in [-0.15, -0.1) is 0 Å². The van der Waals surface area contributed by atoms with Gasteiger partial charge in [0.25, 0.3) is 0 Å². The maximum absolute atomic E-state index is 4.28. The number of fused-ring (bicyclic) bond motifs is 1. The Hall–Kier alpha value is -0.170. The van der Waals surface area contributed by atoms with Gasteiger partial charge in [-0.3, -0.25) is 0 Å². The molecule has 2 heterocycles. The second kappa shape index (κ2) is 2.71. The lowest BCUT2D eigenvalue weighted by Gasteiger charge is -1.91. The lowest BCUT2D eigenvalue weighted by Crippen LogP contribution is -1.90. The number of rotatable bonds is 0. The first-order valence-corrected chi connectivity index (χ1v) is 4.80. The number of halogens is 2. The van der Waals surface area contributed by atoms with E-state index in [-0.39, 0.29) is 0 Å². The van der Waals surface area contributed by atoms with E-state index in [0.717, 1.165) is 13.8 Å². The zero-order valence-electron chi connectivity index (χ0n) is 5.33. The lowest BCUT2D eigenvalue weighted by atomic mass is 10.6. The molecule has 0 aliphatic rings. The maximum atomic E-state index is 4.28. The van der Waals surface area contributed by atoms with Crippen molar-refractivity contribution in [1.82, 2.24) is 14.6 Å². The number of hydrogen-bond donors (Lipinski definition) is 0. The summed E-state index contributed by atoms with van der Waals surface area (Å²) in [5.41, 5.74) is 0.858. The summed E-state index contributed by atoms with van der Waals surface area (Å²) in [6.45, 7) is 0. The summed E-state index contributed by atoms with van der Waals surface area (Å²) in [7, 11) is 0. The van der Waals surface area contributed by atoms with Gasteiger partial charge in [-0.1, -0.05) is 0 Å². The highest BCUT2D eigenvalue weighted by molar-refractivity contribution is 14.1. The quantitative estimate of drug-likeness (QED) is 0.549. The largest absolute Gasteiger partial charge is 0.221 e.